The lowest BCUT2D eigenvalue weighted by molar-refractivity contribution is 1.05. The van der Waals surface area contributed by atoms with E-state index in [0.717, 1.165) is 0 Å². The molecule has 0 fully saturated rings. The van der Waals surface area contributed by atoms with Crippen LogP contribution in [0.4, 0.5) is 0 Å². The van der Waals surface area contributed by atoms with Crippen LogP contribution in [-0.4, -0.2) is 15.0 Å². The smallest absolute Gasteiger partial charge is 0.119 e. The molecule has 3 heteroatoms. The maximum atomic E-state index is 6.77. The first-order valence-corrected chi connectivity index (χ1v) is 1.34. The molecule has 1 rings (SSSR count). The second kappa shape index (κ2) is 1.45. The fraction of sp³-hybridized carbons (Fsp3) is 0. The maximum Gasteiger partial charge on any atom is 0.119 e. The Morgan fingerprint density at radius 2 is 1.33 bits per heavy atom. The topological polar surface area (TPSA) is 38.7 Å². The summed E-state index contributed by atoms with van der Waals surface area (Å²) in [6, 6.07) is 0. The van der Waals surface area contributed by atoms with Gasteiger partial charge in [-0.25, -0.2) is 15.0 Å². The Kier molecular flexibility index (Phi) is 0.303. The number of hydrogen-bond acceptors (Lipinski definition) is 3. The Balaban J connectivity index is 3.17. The van der Waals surface area contributed by atoms with E-state index in [1.54, 1.807) is 0 Å². The van der Waals surface area contributed by atoms with Gasteiger partial charge in [0.2, 0.25) is 0 Å². The molecule has 0 radical (unpaired) electrons. The van der Waals surface area contributed by atoms with Gasteiger partial charge in [-0.05, 0) is 0 Å². The van der Waals surface area contributed by atoms with Crippen molar-refractivity contribution in [1.82, 2.24) is 15.0 Å². The van der Waals surface area contributed by atoms with Gasteiger partial charge in [0.05, 0.1) is 0 Å². The first-order chi connectivity index (χ1) is 4.18. The van der Waals surface area contributed by atoms with E-state index in [9.17, 15) is 0 Å². The minimum Gasteiger partial charge on any atom is -0.225 e. The molecule has 1 aromatic rings. The van der Waals surface area contributed by atoms with E-state index < -0.39 is 0 Å². The van der Waals surface area contributed by atoms with Gasteiger partial charge in [-0.2, -0.15) is 0 Å². The molecule has 0 bridgehead atoms. The molecule has 0 atom stereocenters. The minimum absolute atomic E-state index is 0.333. The van der Waals surface area contributed by atoms with Crippen LogP contribution in [0.25, 0.3) is 0 Å². The van der Waals surface area contributed by atoms with E-state index in [1.807, 2.05) is 0 Å². The molecule has 0 amide bonds. The molecule has 0 N–H and O–H groups in total. The van der Waals surface area contributed by atoms with E-state index >= 15 is 0 Å². The summed E-state index contributed by atoms with van der Waals surface area (Å²) in [4.78, 5) is 9.68. The summed E-state index contributed by atoms with van der Waals surface area (Å²) in [7, 11) is 0. The zero-order valence-corrected chi connectivity index (χ0v) is 2.84. The predicted octanol–water partition coefficient (Wildman–Crippen LogP) is -0.128. The molecule has 1 heterocycles. The standard InChI is InChI=1S/C3H3N3/c1-4-2-6-3-5-1/h1-3H/i1D,2D,3D,4+0,5+0,6+0. The fourth-order valence-electron chi connectivity index (χ4n) is 0.142. The highest BCUT2D eigenvalue weighted by Crippen LogP contribution is 1.57. The van der Waals surface area contributed by atoms with Crippen molar-refractivity contribution in [3.05, 3.63) is 18.9 Å². The van der Waals surface area contributed by atoms with E-state index in [2.05, 4.69) is 15.0 Å². The lowest BCUT2D eigenvalue weighted by atomic mass is 11.1. The highest BCUT2D eigenvalue weighted by Gasteiger charge is 1.59. The van der Waals surface area contributed by atoms with Gasteiger partial charge in [-0.3, -0.25) is 0 Å². The summed E-state index contributed by atoms with van der Waals surface area (Å²) in [5, 5.41) is 0. The van der Waals surface area contributed by atoms with Crippen molar-refractivity contribution in [1.29, 1.82) is 0 Å². The van der Waals surface area contributed by atoms with Gasteiger partial charge >= 0.3 is 0 Å². The van der Waals surface area contributed by atoms with Crippen molar-refractivity contribution in [3.63, 3.8) is 0 Å². The number of nitrogens with zero attached hydrogens (tertiary/aromatic N) is 3. The van der Waals surface area contributed by atoms with Crippen molar-refractivity contribution in [2.45, 2.75) is 0 Å². The first kappa shape index (κ1) is 1.26. The van der Waals surface area contributed by atoms with Crippen molar-refractivity contribution < 1.29 is 4.11 Å². The zero-order valence-electron chi connectivity index (χ0n) is 5.84. The third-order valence-electron chi connectivity index (χ3n) is 0.300. The summed E-state index contributed by atoms with van der Waals surface area (Å²) >= 11 is 0. The number of hydrogen-bond donors (Lipinski definition) is 0. The Bertz CT molecular complexity index is 175. The van der Waals surface area contributed by atoms with Crippen molar-refractivity contribution in [3.8, 4) is 0 Å². The molecule has 0 spiro atoms. The molecular weight excluding hydrogens is 78.0 g/mol. The number of aromatic nitrogens is 3. The Labute approximate surface area is 39.3 Å². The molecule has 1 aromatic heterocycles. The van der Waals surface area contributed by atoms with Gasteiger partial charge < -0.3 is 0 Å². The van der Waals surface area contributed by atoms with Crippen LogP contribution in [0.3, 0.4) is 0 Å². The summed E-state index contributed by atoms with van der Waals surface area (Å²) in [6.45, 7) is 0. The van der Waals surface area contributed by atoms with Crippen LogP contribution in [0.1, 0.15) is 4.11 Å². The fourth-order valence-corrected chi connectivity index (χ4v) is 0.142. The summed E-state index contributed by atoms with van der Waals surface area (Å²) < 4.78 is 20.3. The molecule has 0 aliphatic rings. The third kappa shape index (κ3) is 0.484. The molecule has 0 aliphatic heterocycles. The van der Waals surface area contributed by atoms with Gasteiger partial charge in [0.15, 0.2) is 0 Å². The lowest BCUT2D eigenvalue weighted by Crippen LogP contribution is -1.73. The van der Waals surface area contributed by atoms with Crippen molar-refractivity contribution >= 4 is 0 Å². The molecule has 0 saturated carbocycles. The molecule has 30 valence electrons. The van der Waals surface area contributed by atoms with Crippen molar-refractivity contribution in [2.24, 2.45) is 0 Å². The molecular formula is C3H3N3. The van der Waals surface area contributed by atoms with Gasteiger partial charge in [0.1, 0.15) is 23.0 Å². The second-order valence-corrected chi connectivity index (χ2v) is 0.635. The SMILES string of the molecule is [2H]c1[14n]c([2H])[14n]c([2H])[14n]1. The monoisotopic (exact) mass is 84.1 g/mol. The van der Waals surface area contributed by atoms with E-state index in [1.165, 1.54) is 0 Å². The van der Waals surface area contributed by atoms with Crippen LogP contribution in [0, 0.1) is 0 Å². The molecule has 0 aliphatic carbocycles. The highest BCUT2D eigenvalue weighted by atomic mass is 14.9. The highest BCUT2D eigenvalue weighted by molar-refractivity contribution is 4.51. The van der Waals surface area contributed by atoms with Gasteiger partial charge in [0.25, 0.3) is 0 Å². The third-order valence-corrected chi connectivity index (χ3v) is 0.300. The quantitative estimate of drug-likeness (QED) is 0.439. The Morgan fingerprint density at radius 1 is 1.00 bits per heavy atom. The molecule has 0 aromatic carbocycles. The minimum atomic E-state index is -0.333. The lowest BCUT2D eigenvalue weighted by Gasteiger charge is -1.69. The normalized spacial score (nSPS) is 15.0. The van der Waals surface area contributed by atoms with E-state index in [0.29, 0.717) is 0 Å². The molecule has 3 nitrogen and oxygen atoms in total. The van der Waals surface area contributed by atoms with Crippen LogP contribution < -0.4 is 0 Å². The average Bonchev–Trinajstić information content (AvgIpc) is 1.59. The first-order valence-electron chi connectivity index (χ1n) is 2.84. The Morgan fingerprint density at radius 3 is 1.67 bits per heavy atom. The van der Waals surface area contributed by atoms with Gasteiger partial charge in [0, 0.05) is 0 Å². The summed E-state index contributed by atoms with van der Waals surface area (Å²) in [5.74, 6) is 0. The van der Waals surface area contributed by atoms with Crippen LogP contribution in [-0.2, 0) is 0 Å². The van der Waals surface area contributed by atoms with E-state index in [4.69, 9.17) is 4.11 Å². The van der Waals surface area contributed by atoms with Crippen LogP contribution >= 0.6 is 0 Å². The van der Waals surface area contributed by atoms with Crippen molar-refractivity contribution in [2.75, 3.05) is 0 Å². The number of rotatable bonds is 0. The summed E-state index contributed by atoms with van der Waals surface area (Å²) in [6.07, 6.45) is -1.000. The van der Waals surface area contributed by atoms with Gasteiger partial charge in [-0.1, -0.05) is 0 Å². The maximum absolute atomic E-state index is 6.77. The zero-order chi connectivity index (χ0) is 6.85. The molecule has 0 saturated heterocycles. The van der Waals surface area contributed by atoms with Gasteiger partial charge in [-0.15, -0.1) is 0 Å². The Hall–Kier alpha value is -0.990. The largest absolute Gasteiger partial charge is 0.225 e. The van der Waals surface area contributed by atoms with E-state index in [-0.39, 0.29) is 18.9 Å². The average molecular weight is 84.1 g/mol. The van der Waals surface area contributed by atoms with Crippen LogP contribution in [0.5, 0.6) is 0 Å². The van der Waals surface area contributed by atoms with Crippen LogP contribution in [0.15, 0.2) is 18.9 Å². The second-order valence-electron chi connectivity index (χ2n) is 0.635. The molecule has 0 unspecified atom stereocenters. The summed E-state index contributed by atoms with van der Waals surface area (Å²) in [5.41, 5.74) is 0. The van der Waals surface area contributed by atoms with Crippen LogP contribution in [0.2, 0.25) is 0 Å². The predicted molar refractivity (Wildman–Crippen MR) is 19.8 cm³/mol. The molecule has 6 heavy (non-hydrogen) atoms.